The predicted molar refractivity (Wildman–Crippen MR) is 97.6 cm³/mol. The number of hydrogen-bond donors (Lipinski definition) is 0. The smallest absolute Gasteiger partial charge is 0.197 e. The molecule has 0 saturated heterocycles. The molecule has 0 aliphatic heterocycles. The molecule has 4 rings (SSSR count). The number of benzene rings is 2. The Hall–Kier alpha value is -3.21. The molecular weight excluding hydrogens is 331 g/mol. The van der Waals surface area contributed by atoms with Crippen LogP contribution in [-0.4, -0.2) is 15.6 Å². The first kappa shape index (κ1) is 16.3. The summed E-state index contributed by atoms with van der Waals surface area (Å²) in [7, 11) is 0. The molecule has 0 N–H and O–H groups in total. The van der Waals surface area contributed by atoms with Crippen LogP contribution in [0.25, 0.3) is 22.4 Å². The van der Waals surface area contributed by atoms with Crippen LogP contribution in [-0.2, 0) is 6.54 Å². The molecule has 0 saturated carbocycles. The van der Waals surface area contributed by atoms with Gasteiger partial charge in [0.25, 0.3) is 0 Å². The summed E-state index contributed by atoms with van der Waals surface area (Å²) in [6, 6.07) is 17.8. The van der Waals surface area contributed by atoms with Gasteiger partial charge in [-0.2, -0.15) is 5.10 Å². The topological polar surface area (TPSA) is 48.0 Å². The Morgan fingerprint density at radius 1 is 1.12 bits per heavy atom. The van der Waals surface area contributed by atoms with Crippen molar-refractivity contribution in [3.63, 3.8) is 0 Å². The van der Waals surface area contributed by atoms with Gasteiger partial charge in [-0.3, -0.25) is 9.48 Å². The van der Waals surface area contributed by atoms with Gasteiger partial charge < -0.3 is 4.42 Å². The van der Waals surface area contributed by atoms with Crippen LogP contribution in [0.4, 0.5) is 4.39 Å². The van der Waals surface area contributed by atoms with E-state index in [0.717, 1.165) is 10.9 Å². The first-order valence-electron chi connectivity index (χ1n) is 8.49. The zero-order chi connectivity index (χ0) is 18.1. The van der Waals surface area contributed by atoms with Crippen molar-refractivity contribution in [1.82, 2.24) is 9.78 Å². The molecule has 0 atom stereocenters. The molecule has 0 bridgehead atoms. The van der Waals surface area contributed by atoms with Gasteiger partial charge in [-0.1, -0.05) is 37.3 Å². The first-order valence-corrected chi connectivity index (χ1v) is 8.49. The Morgan fingerprint density at radius 3 is 2.69 bits per heavy atom. The van der Waals surface area contributed by atoms with Gasteiger partial charge in [-0.25, -0.2) is 4.39 Å². The monoisotopic (exact) mass is 348 g/mol. The largest absolute Gasteiger partial charge is 0.451 e. The lowest BCUT2D eigenvalue weighted by Crippen LogP contribution is -2.01. The second-order valence-electron chi connectivity index (χ2n) is 6.09. The summed E-state index contributed by atoms with van der Waals surface area (Å²) in [6.07, 6.45) is 0.376. The Labute approximate surface area is 149 Å². The molecule has 0 amide bonds. The highest BCUT2D eigenvalue weighted by molar-refractivity contribution is 5.95. The molecule has 26 heavy (non-hydrogen) atoms. The molecule has 4 aromatic rings. The number of aromatic nitrogens is 2. The minimum absolute atomic E-state index is 0.0599. The molecule has 2 heterocycles. The fourth-order valence-corrected chi connectivity index (χ4v) is 3.00. The SMILES string of the molecule is CCC(=O)c1ccc(-c2nn(Cc3ccccc3)c3cc(F)ccc23)o1. The Morgan fingerprint density at radius 2 is 1.92 bits per heavy atom. The third kappa shape index (κ3) is 2.92. The maximum Gasteiger partial charge on any atom is 0.197 e. The van der Waals surface area contributed by atoms with E-state index < -0.39 is 0 Å². The quantitative estimate of drug-likeness (QED) is 0.473. The molecule has 5 heteroatoms. The number of carbonyl (C=O) groups is 1. The van der Waals surface area contributed by atoms with Crippen LogP contribution in [0.3, 0.4) is 0 Å². The van der Waals surface area contributed by atoms with E-state index in [0.29, 0.717) is 35.7 Å². The van der Waals surface area contributed by atoms with Crippen LogP contribution >= 0.6 is 0 Å². The third-order valence-electron chi connectivity index (χ3n) is 4.32. The van der Waals surface area contributed by atoms with E-state index in [1.807, 2.05) is 30.3 Å². The zero-order valence-corrected chi connectivity index (χ0v) is 14.3. The van der Waals surface area contributed by atoms with Gasteiger partial charge >= 0.3 is 0 Å². The summed E-state index contributed by atoms with van der Waals surface area (Å²) < 4.78 is 21.3. The van der Waals surface area contributed by atoms with Gasteiger partial charge in [0.1, 0.15) is 11.5 Å². The number of fused-ring (bicyclic) bond motifs is 1. The van der Waals surface area contributed by atoms with E-state index in [1.165, 1.54) is 12.1 Å². The van der Waals surface area contributed by atoms with Crippen LogP contribution in [0.15, 0.2) is 65.1 Å². The van der Waals surface area contributed by atoms with Gasteiger partial charge in [-0.05, 0) is 35.9 Å². The van der Waals surface area contributed by atoms with E-state index in [4.69, 9.17) is 4.42 Å². The first-order chi connectivity index (χ1) is 12.7. The summed E-state index contributed by atoms with van der Waals surface area (Å²) >= 11 is 0. The van der Waals surface area contributed by atoms with Crippen molar-refractivity contribution in [1.29, 1.82) is 0 Å². The minimum atomic E-state index is -0.320. The Bertz CT molecular complexity index is 1080. The number of furan rings is 1. The fraction of sp³-hybridized carbons (Fsp3) is 0.143. The number of carbonyl (C=O) groups excluding carboxylic acids is 1. The molecule has 0 unspecified atom stereocenters. The lowest BCUT2D eigenvalue weighted by Gasteiger charge is -2.03. The lowest BCUT2D eigenvalue weighted by atomic mass is 10.1. The molecule has 4 nitrogen and oxygen atoms in total. The second-order valence-corrected chi connectivity index (χ2v) is 6.09. The van der Waals surface area contributed by atoms with Gasteiger partial charge in [-0.15, -0.1) is 0 Å². The number of nitrogens with zero attached hydrogens (tertiary/aromatic N) is 2. The minimum Gasteiger partial charge on any atom is -0.451 e. The lowest BCUT2D eigenvalue weighted by molar-refractivity contribution is 0.0962. The molecule has 0 fully saturated rings. The second kappa shape index (κ2) is 6.59. The van der Waals surface area contributed by atoms with Crippen LogP contribution in [0, 0.1) is 5.82 Å². The summed E-state index contributed by atoms with van der Waals surface area (Å²) in [6.45, 7) is 2.31. The van der Waals surface area contributed by atoms with E-state index in [1.54, 1.807) is 29.8 Å². The van der Waals surface area contributed by atoms with Gasteiger partial charge in [0.05, 0.1) is 12.1 Å². The maximum atomic E-state index is 13.8. The summed E-state index contributed by atoms with van der Waals surface area (Å²) in [5, 5.41) is 5.42. The van der Waals surface area contributed by atoms with E-state index in [2.05, 4.69) is 5.10 Å². The number of hydrogen-bond acceptors (Lipinski definition) is 3. The summed E-state index contributed by atoms with van der Waals surface area (Å²) in [5.41, 5.74) is 2.35. The molecule has 2 aromatic carbocycles. The van der Waals surface area contributed by atoms with E-state index in [9.17, 15) is 9.18 Å². The average Bonchev–Trinajstić information content (AvgIpc) is 3.27. The van der Waals surface area contributed by atoms with Gasteiger partial charge in [0.15, 0.2) is 17.3 Å². The molecule has 2 aromatic heterocycles. The highest BCUT2D eigenvalue weighted by atomic mass is 19.1. The molecular formula is C21H17FN2O2. The van der Waals surface area contributed by atoms with E-state index >= 15 is 0 Å². The van der Waals surface area contributed by atoms with Crippen molar-refractivity contribution in [3.8, 4) is 11.5 Å². The van der Waals surface area contributed by atoms with Gasteiger partial charge in [0.2, 0.25) is 0 Å². The Kier molecular flexibility index (Phi) is 4.13. The molecule has 130 valence electrons. The number of Topliss-reactive ketones (excluding diaryl/α,β-unsaturated/α-hetero) is 1. The van der Waals surface area contributed by atoms with Crippen molar-refractivity contribution >= 4 is 16.7 Å². The molecule has 0 spiro atoms. The maximum absolute atomic E-state index is 13.8. The number of ketones is 1. The summed E-state index contributed by atoms with van der Waals surface area (Å²) in [4.78, 5) is 11.8. The third-order valence-corrected chi connectivity index (χ3v) is 4.32. The average molecular weight is 348 g/mol. The van der Waals surface area contributed by atoms with Crippen molar-refractivity contribution in [2.75, 3.05) is 0 Å². The van der Waals surface area contributed by atoms with Crippen molar-refractivity contribution in [3.05, 3.63) is 77.8 Å². The highest BCUT2D eigenvalue weighted by Gasteiger charge is 2.18. The normalized spacial score (nSPS) is 11.2. The molecule has 0 aliphatic carbocycles. The van der Waals surface area contributed by atoms with E-state index in [-0.39, 0.29) is 11.6 Å². The Balaban J connectivity index is 1.83. The van der Waals surface area contributed by atoms with Crippen LogP contribution in [0.1, 0.15) is 29.5 Å². The van der Waals surface area contributed by atoms with Gasteiger partial charge in [0, 0.05) is 11.8 Å². The van der Waals surface area contributed by atoms with Crippen molar-refractivity contribution in [2.45, 2.75) is 19.9 Å². The molecule has 0 aliphatic rings. The predicted octanol–water partition coefficient (Wildman–Crippen LogP) is 5.08. The number of rotatable bonds is 5. The standard InChI is InChI=1S/C21H17FN2O2/c1-2-18(25)19-10-11-20(26-19)21-16-9-8-15(22)12-17(16)24(23-21)13-14-6-4-3-5-7-14/h3-12H,2,13H2,1H3. The fourth-order valence-electron chi connectivity index (χ4n) is 3.00. The van der Waals surface area contributed by atoms with Crippen LogP contribution in [0.5, 0.6) is 0 Å². The zero-order valence-electron chi connectivity index (χ0n) is 14.3. The number of halogens is 1. The van der Waals surface area contributed by atoms with Crippen LogP contribution < -0.4 is 0 Å². The van der Waals surface area contributed by atoms with Crippen molar-refractivity contribution in [2.24, 2.45) is 0 Å². The van der Waals surface area contributed by atoms with Crippen molar-refractivity contribution < 1.29 is 13.6 Å². The van der Waals surface area contributed by atoms with Crippen LogP contribution in [0.2, 0.25) is 0 Å². The highest BCUT2D eigenvalue weighted by Crippen LogP contribution is 2.30. The molecule has 0 radical (unpaired) electrons. The summed E-state index contributed by atoms with van der Waals surface area (Å²) in [5.74, 6) is 0.440.